The molecular formula is C30H37N3O5S. The normalized spacial score (nSPS) is 12.5. The van der Waals surface area contributed by atoms with Crippen molar-refractivity contribution in [2.24, 2.45) is 11.8 Å². The lowest BCUT2D eigenvalue weighted by Crippen LogP contribution is -2.30. The lowest BCUT2D eigenvalue weighted by Gasteiger charge is -2.20. The van der Waals surface area contributed by atoms with Crippen LogP contribution < -0.4 is 20.7 Å². The van der Waals surface area contributed by atoms with E-state index < -0.39 is 17.9 Å². The van der Waals surface area contributed by atoms with E-state index in [1.807, 2.05) is 42.6 Å². The van der Waals surface area contributed by atoms with Gasteiger partial charge in [-0.25, -0.2) is 4.79 Å². The molecule has 2 aromatic carbocycles. The third-order valence-corrected chi connectivity index (χ3v) is 7.30. The van der Waals surface area contributed by atoms with Crippen LogP contribution in [0, 0.1) is 18.8 Å². The molecule has 4 N–H and O–H groups in total. The second-order valence-corrected chi connectivity index (χ2v) is 11.1. The first-order valence-corrected chi connectivity index (χ1v) is 13.8. The molecule has 0 radical (unpaired) electrons. The van der Waals surface area contributed by atoms with E-state index in [0.29, 0.717) is 29.5 Å². The summed E-state index contributed by atoms with van der Waals surface area (Å²) in [5.74, 6) is -0.606. The SMILES string of the molecule is COc1cc(CC(=O)NC(CC(C)C)c2csc(CC(C)C(=O)O)c2)ccc1NC(=O)Nc1ccccc1C. The molecule has 8 nitrogen and oxygen atoms in total. The van der Waals surface area contributed by atoms with Crippen molar-refractivity contribution in [2.75, 3.05) is 17.7 Å². The van der Waals surface area contributed by atoms with E-state index in [1.165, 1.54) is 18.4 Å². The van der Waals surface area contributed by atoms with Gasteiger partial charge in [0.15, 0.2) is 0 Å². The lowest BCUT2D eigenvalue weighted by atomic mass is 9.97. The van der Waals surface area contributed by atoms with Crippen LogP contribution in [0.2, 0.25) is 0 Å². The van der Waals surface area contributed by atoms with Crippen molar-refractivity contribution in [1.82, 2.24) is 5.32 Å². The van der Waals surface area contributed by atoms with Crippen molar-refractivity contribution in [2.45, 2.75) is 53.0 Å². The highest BCUT2D eigenvalue weighted by atomic mass is 32.1. The molecule has 9 heteroatoms. The summed E-state index contributed by atoms with van der Waals surface area (Å²) < 4.78 is 5.48. The Kier molecular flexibility index (Phi) is 10.5. The first kappa shape index (κ1) is 29.7. The highest BCUT2D eigenvalue weighted by Gasteiger charge is 2.20. The second-order valence-electron chi connectivity index (χ2n) is 10.1. The average Bonchev–Trinajstić information content (AvgIpc) is 3.34. The maximum absolute atomic E-state index is 13.0. The van der Waals surface area contributed by atoms with Crippen molar-refractivity contribution >= 4 is 40.6 Å². The predicted molar refractivity (Wildman–Crippen MR) is 156 cm³/mol. The van der Waals surface area contributed by atoms with Gasteiger partial charge in [-0.05, 0) is 72.0 Å². The topological polar surface area (TPSA) is 117 Å². The van der Waals surface area contributed by atoms with E-state index in [2.05, 4.69) is 29.8 Å². The van der Waals surface area contributed by atoms with Gasteiger partial charge < -0.3 is 25.8 Å². The van der Waals surface area contributed by atoms with Crippen LogP contribution in [0.15, 0.2) is 53.9 Å². The highest BCUT2D eigenvalue weighted by molar-refractivity contribution is 7.10. The van der Waals surface area contributed by atoms with Crippen LogP contribution in [0.5, 0.6) is 5.75 Å². The maximum atomic E-state index is 13.0. The van der Waals surface area contributed by atoms with Gasteiger partial charge >= 0.3 is 12.0 Å². The van der Waals surface area contributed by atoms with Crippen molar-refractivity contribution in [3.63, 3.8) is 0 Å². The molecule has 208 valence electrons. The van der Waals surface area contributed by atoms with E-state index in [0.717, 1.165) is 28.0 Å². The standard InChI is InChI=1S/C30H37N3O5S/c1-18(2)12-26(22-16-23(39-17-22)13-20(4)29(35)36)31-28(34)15-21-10-11-25(27(14-21)38-5)33-30(37)32-24-9-7-6-8-19(24)3/h6-11,14,16-18,20,26H,12-13,15H2,1-5H3,(H,31,34)(H,35,36)(H2,32,33,37). The number of carbonyl (C=O) groups excluding carboxylic acids is 2. The Balaban J connectivity index is 1.65. The predicted octanol–water partition coefficient (Wildman–Crippen LogP) is 6.42. The number of carboxylic acids is 1. The number of para-hydroxylation sites is 1. The van der Waals surface area contributed by atoms with E-state index in [9.17, 15) is 19.5 Å². The Hall–Kier alpha value is -3.85. The maximum Gasteiger partial charge on any atom is 0.323 e. The number of anilines is 2. The molecule has 2 atom stereocenters. The van der Waals surface area contributed by atoms with Gasteiger partial charge in [0.25, 0.3) is 0 Å². The molecule has 0 aliphatic heterocycles. The Morgan fingerprint density at radius 1 is 1.00 bits per heavy atom. The number of thiophene rings is 1. The van der Waals surface area contributed by atoms with Crippen LogP contribution in [0.1, 0.15) is 54.8 Å². The van der Waals surface area contributed by atoms with Crippen molar-refractivity contribution in [3.05, 3.63) is 75.5 Å². The van der Waals surface area contributed by atoms with Crippen molar-refractivity contribution in [3.8, 4) is 5.75 Å². The summed E-state index contributed by atoms with van der Waals surface area (Å²) in [6, 6.07) is 14.2. The van der Waals surface area contributed by atoms with Gasteiger partial charge in [-0.3, -0.25) is 9.59 Å². The number of methoxy groups -OCH3 is 1. The first-order valence-electron chi connectivity index (χ1n) is 13.0. The lowest BCUT2D eigenvalue weighted by molar-refractivity contribution is -0.141. The fraction of sp³-hybridized carbons (Fsp3) is 0.367. The van der Waals surface area contributed by atoms with Crippen LogP contribution in [0.25, 0.3) is 0 Å². The zero-order chi connectivity index (χ0) is 28.5. The molecule has 39 heavy (non-hydrogen) atoms. The third-order valence-electron chi connectivity index (χ3n) is 6.32. The number of ether oxygens (including phenoxy) is 1. The fourth-order valence-corrected chi connectivity index (χ4v) is 5.27. The van der Waals surface area contributed by atoms with Gasteiger partial charge in [0, 0.05) is 10.6 Å². The molecule has 2 unspecified atom stereocenters. The van der Waals surface area contributed by atoms with E-state index in [-0.39, 0.29) is 18.4 Å². The number of benzene rings is 2. The molecule has 1 aromatic heterocycles. The molecule has 0 aliphatic carbocycles. The Morgan fingerprint density at radius 2 is 1.72 bits per heavy atom. The molecule has 3 aromatic rings. The molecule has 0 saturated carbocycles. The van der Waals surface area contributed by atoms with Crippen LogP contribution in [0.4, 0.5) is 16.2 Å². The number of hydrogen-bond donors (Lipinski definition) is 4. The smallest absolute Gasteiger partial charge is 0.323 e. The molecular weight excluding hydrogens is 514 g/mol. The molecule has 0 spiro atoms. The Bertz CT molecular complexity index is 1300. The monoisotopic (exact) mass is 551 g/mol. The van der Waals surface area contributed by atoms with E-state index in [1.54, 1.807) is 25.1 Å². The summed E-state index contributed by atoms with van der Waals surface area (Å²) in [5.41, 5.74) is 3.90. The summed E-state index contributed by atoms with van der Waals surface area (Å²) in [7, 11) is 1.52. The number of amides is 3. The number of nitrogens with one attached hydrogen (secondary N) is 3. The van der Waals surface area contributed by atoms with Gasteiger partial charge in [0.2, 0.25) is 5.91 Å². The minimum Gasteiger partial charge on any atom is -0.495 e. The second kappa shape index (κ2) is 13.8. The first-order chi connectivity index (χ1) is 18.5. The number of rotatable bonds is 12. The summed E-state index contributed by atoms with van der Waals surface area (Å²) in [6.07, 6.45) is 1.37. The largest absolute Gasteiger partial charge is 0.495 e. The molecule has 3 rings (SSSR count). The zero-order valence-corrected chi connectivity index (χ0v) is 23.9. The molecule has 0 fully saturated rings. The minimum atomic E-state index is -0.819. The van der Waals surface area contributed by atoms with Gasteiger partial charge in [-0.2, -0.15) is 0 Å². The zero-order valence-electron chi connectivity index (χ0n) is 23.0. The van der Waals surface area contributed by atoms with Crippen molar-refractivity contribution in [1.29, 1.82) is 0 Å². The summed E-state index contributed by atoms with van der Waals surface area (Å²) in [5, 5.41) is 20.0. The quantitative estimate of drug-likeness (QED) is 0.207. The van der Waals surface area contributed by atoms with Gasteiger partial charge in [0.05, 0.1) is 31.2 Å². The molecule has 0 bridgehead atoms. The Morgan fingerprint density at radius 3 is 2.38 bits per heavy atom. The molecule has 0 aliphatic rings. The van der Waals surface area contributed by atoms with Crippen LogP contribution in [0.3, 0.4) is 0 Å². The van der Waals surface area contributed by atoms with Gasteiger partial charge in [0.1, 0.15) is 5.75 Å². The summed E-state index contributed by atoms with van der Waals surface area (Å²) in [4.78, 5) is 37.8. The molecule has 3 amide bonds. The number of carboxylic acid groups (broad SMARTS) is 1. The van der Waals surface area contributed by atoms with Crippen LogP contribution in [-0.4, -0.2) is 30.1 Å². The number of aryl methyl sites for hydroxylation is 1. The minimum absolute atomic E-state index is 0.132. The average molecular weight is 552 g/mol. The fourth-order valence-electron chi connectivity index (χ4n) is 4.19. The van der Waals surface area contributed by atoms with Crippen molar-refractivity contribution < 1.29 is 24.2 Å². The number of hydrogen-bond acceptors (Lipinski definition) is 5. The Labute approximate surface area is 233 Å². The number of aliphatic carboxylic acids is 1. The number of urea groups is 1. The van der Waals surface area contributed by atoms with Gasteiger partial charge in [-0.15, -0.1) is 11.3 Å². The summed E-state index contributed by atoms with van der Waals surface area (Å²) >= 11 is 1.52. The summed E-state index contributed by atoms with van der Waals surface area (Å²) in [6.45, 7) is 7.81. The van der Waals surface area contributed by atoms with Gasteiger partial charge in [-0.1, -0.05) is 45.0 Å². The molecule has 0 saturated heterocycles. The highest BCUT2D eigenvalue weighted by Crippen LogP contribution is 2.29. The van der Waals surface area contributed by atoms with E-state index >= 15 is 0 Å². The van der Waals surface area contributed by atoms with Crippen LogP contribution in [-0.2, 0) is 22.4 Å². The van der Waals surface area contributed by atoms with E-state index in [4.69, 9.17) is 4.74 Å². The number of carbonyl (C=O) groups is 3. The van der Waals surface area contributed by atoms with Crippen LogP contribution >= 0.6 is 11.3 Å². The molecule has 1 heterocycles. The third kappa shape index (κ3) is 8.85.